The molecule has 0 N–H and O–H groups in total. The minimum Gasteiger partial charge on any atom is -0.269 e. The van der Waals surface area contributed by atoms with E-state index in [1.807, 2.05) is 0 Å². The number of thiophene rings is 1. The summed E-state index contributed by atoms with van der Waals surface area (Å²) in [6, 6.07) is 20.7. The van der Waals surface area contributed by atoms with Crippen LogP contribution < -0.4 is 9.31 Å². The van der Waals surface area contributed by atoms with Crippen LogP contribution in [0.25, 0.3) is 10.2 Å². The first-order valence-electron chi connectivity index (χ1n) is 11.5. The Morgan fingerprint density at radius 1 is 1.02 bits per heavy atom. The first kappa shape index (κ1) is 27.1. The summed E-state index contributed by atoms with van der Waals surface area (Å²) in [6.45, 7) is 0. The lowest BCUT2D eigenvalue weighted by atomic mass is 10.2. The van der Waals surface area contributed by atoms with Gasteiger partial charge < -0.3 is 0 Å². The number of benzene rings is 3. The van der Waals surface area contributed by atoms with Gasteiger partial charge >= 0.3 is 5.00 Å². The summed E-state index contributed by atoms with van der Waals surface area (Å²) in [6.07, 6.45) is 1.29. The standard InChI is InChI=1S/C26H18FN5O5S3/c1-30(19-5-3-2-4-6-19)40(36,37)21-11-7-17(8-12-21)25(33)31(28-16-20-10-14-24(38-20)32(34)35)26-29-22-13-9-18(27)15-23(22)39-26/h2-16H,1H3/b28-16+. The maximum atomic E-state index is 13.8. The monoisotopic (exact) mass is 595 g/mol. The van der Waals surface area contributed by atoms with Crippen molar-refractivity contribution in [3.63, 3.8) is 0 Å². The van der Waals surface area contributed by atoms with Crippen LogP contribution in [0.15, 0.2) is 94.9 Å². The van der Waals surface area contributed by atoms with Crippen LogP contribution in [0.3, 0.4) is 0 Å². The van der Waals surface area contributed by atoms with Crippen molar-refractivity contribution < 1.29 is 22.5 Å². The van der Waals surface area contributed by atoms with Gasteiger partial charge in [0.2, 0.25) is 5.13 Å². The van der Waals surface area contributed by atoms with E-state index in [-0.39, 0.29) is 20.6 Å². The van der Waals surface area contributed by atoms with Crippen molar-refractivity contribution in [3.05, 3.63) is 111 Å². The number of carbonyl (C=O) groups is 1. The van der Waals surface area contributed by atoms with Crippen LogP contribution in [0.4, 0.5) is 20.2 Å². The number of fused-ring (bicyclic) bond motifs is 1. The molecule has 0 atom stereocenters. The zero-order chi connectivity index (χ0) is 28.4. The predicted molar refractivity (Wildman–Crippen MR) is 153 cm³/mol. The van der Waals surface area contributed by atoms with Crippen molar-refractivity contribution >= 4 is 70.9 Å². The van der Waals surface area contributed by atoms with Crippen molar-refractivity contribution in [1.29, 1.82) is 0 Å². The van der Waals surface area contributed by atoms with E-state index in [1.165, 1.54) is 67.9 Å². The van der Waals surface area contributed by atoms with Crippen molar-refractivity contribution in [2.24, 2.45) is 5.10 Å². The van der Waals surface area contributed by atoms with E-state index < -0.39 is 26.7 Å². The van der Waals surface area contributed by atoms with E-state index in [4.69, 9.17) is 0 Å². The molecule has 0 spiro atoms. The Balaban J connectivity index is 1.48. The number of hydrogen-bond donors (Lipinski definition) is 0. The van der Waals surface area contributed by atoms with Gasteiger partial charge in [0.25, 0.3) is 15.9 Å². The summed E-state index contributed by atoms with van der Waals surface area (Å²) in [5.74, 6) is -1.10. The van der Waals surface area contributed by atoms with Crippen LogP contribution >= 0.6 is 22.7 Å². The van der Waals surface area contributed by atoms with Crippen LogP contribution in [-0.2, 0) is 10.0 Å². The van der Waals surface area contributed by atoms with E-state index in [9.17, 15) is 27.7 Å². The number of nitro groups is 1. The summed E-state index contributed by atoms with van der Waals surface area (Å²) in [5.41, 5.74) is 1.04. The Bertz CT molecular complexity index is 1850. The maximum absolute atomic E-state index is 13.8. The van der Waals surface area contributed by atoms with Gasteiger partial charge in [0.15, 0.2) is 0 Å². The number of amides is 1. The maximum Gasteiger partial charge on any atom is 0.324 e. The summed E-state index contributed by atoms with van der Waals surface area (Å²) in [4.78, 5) is 28.9. The van der Waals surface area contributed by atoms with Crippen LogP contribution in [0, 0.1) is 15.9 Å². The highest BCUT2D eigenvalue weighted by molar-refractivity contribution is 7.92. The second kappa shape index (κ2) is 10.9. The van der Waals surface area contributed by atoms with Crippen LogP contribution in [0.1, 0.15) is 15.2 Å². The van der Waals surface area contributed by atoms with Gasteiger partial charge in [-0.3, -0.25) is 19.2 Å². The fourth-order valence-electron chi connectivity index (χ4n) is 3.62. The number of aromatic nitrogens is 1. The van der Waals surface area contributed by atoms with E-state index in [1.54, 1.807) is 30.3 Å². The highest BCUT2D eigenvalue weighted by atomic mass is 32.2. The van der Waals surface area contributed by atoms with Crippen molar-refractivity contribution in [3.8, 4) is 0 Å². The van der Waals surface area contributed by atoms with Gasteiger partial charge in [0, 0.05) is 18.7 Å². The van der Waals surface area contributed by atoms with Crippen molar-refractivity contribution in [1.82, 2.24) is 4.98 Å². The lowest BCUT2D eigenvalue weighted by molar-refractivity contribution is -0.380. The number of anilines is 2. The third-order valence-corrected chi connectivity index (χ3v) is 9.45. The number of hydrazone groups is 1. The second-order valence-electron chi connectivity index (χ2n) is 8.24. The first-order valence-corrected chi connectivity index (χ1v) is 14.5. The molecule has 0 unspecified atom stereocenters. The van der Waals surface area contributed by atoms with Crippen LogP contribution in [0.5, 0.6) is 0 Å². The number of hydrogen-bond acceptors (Lipinski definition) is 9. The van der Waals surface area contributed by atoms with Gasteiger partial charge in [-0.1, -0.05) is 40.9 Å². The molecule has 0 aliphatic rings. The molecule has 5 rings (SSSR count). The zero-order valence-corrected chi connectivity index (χ0v) is 23.0. The third-order valence-electron chi connectivity index (χ3n) is 5.69. The van der Waals surface area contributed by atoms with Crippen molar-refractivity contribution in [2.75, 3.05) is 16.4 Å². The molecule has 40 heavy (non-hydrogen) atoms. The van der Waals surface area contributed by atoms with Gasteiger partial charge in [-0.15, -0.1) is 0 Å². The number of rotatable bonds is 8. The number of carbonyl (C=O) groups excluding carboxylic acids is 1. The van der Waals surface area contributed by atoms with Crippen LogP contribution in [0.2, 0.25) is 0 Å². The molecule has 2 aromatic heterocycles. The summed E-state index contributed by atoms with van der Waals surface area (Å²) in [5, 5.41) is 16.3. The highest BCUT2D eigenvalue weighted by Gasteiger charge is 2.25. The minimum atomic E-state index is -3.90. The molecule has 0 saturated carbocycles. The topological polar surface area (TPSA) is 126 Å². The average molecular weight is 596 g/mol. The average Bonchev–Trinajstić information content (AvgIpc) is 3.60. The van der Waals surface area contributed by atoms with E-state index in [0.29, 0.717) is 20.8 Å². The Morgan fingerprint density at radius 3 is 2.42 bits per heavy atom. The number of thiazole rings is 1. The molecule has 0 saturated heterocycles. The molecule has 14 heteroatoms. The van der Waals surface area contributed by atoms with E-state index in [2.05, 4.69) is 10.1 Å². The lowest BCUT2D eigenvalue weighted by Gasteiger charge is -2.19. The second-order valence-corrected chi connectivity index (χ2v) is 12.3. The normalized spacial score (nSPS) is 11.7. The molecule has 2 heterocycles. The number of para-hydroxylation sites is 1. The molecule has 5 aromatic rings. The van der Waals surface area contributed by atoms with E-state index in [0.717, 1.165) is 32.0 Å². The van der Waals surface area contributed by atoms with Crippen LogP contribution in [-0.4, -0.2) is 37.5 Å². The van der Waals surface area contributed by atoms with E-state index >= 15 is 0 Å². The molecule has 202 valence electrons. The Hall–Kier alpha value is -4.53. The highest BCUT2D eigenvalue weighted by Crippen LogP contribution is 2.31. The molecule has 3 aromatic carbocycles. The van der Waals surface area contributed by atoms with Gasteiger partial charge in [-0.2, -0.15) is 10.1 Å². The Morgan fingerprint density at radius 2 is 1.75 bits per heavy atom. The fourth-order valence-corrected chi connectivity index (χ4v) is 6.45. The fraction of sp³-hybridized carbons (Fsp3) is 0.0385. The first-order chi connectivity index (χ1) is 19.1. The Kier molecular flexibility index (Phi) is 7.38. The molecule has 0 bridgehead atoms. The third kappa shape index (κ3) is 5.45. The molecule has 0 aliphatic carbocycles. The summed E-state index contributed by atoms with van der Waals surface area (Å²) in [7, 11) is -2.46. The SMILES string of the molecule is CN(c1ccccc1)S(=O)(=O)c1ccc(C(=O)N(/N=C/c2ccc([N+](=O)[O-])s2)c2nc3ccc(F)cc3s2)cc1. The number of halogens is 1. The largest absolute Gasteiger partial charge is 0.324 e. The van der Waals surface area contributed by atoms with Gasteiger partial charge in [-0.05, 0) is 60.7 Å². The zero-order valence-electron chi connectivity index (χ0n) is 20.5. The smallest absolute Gasteiger partial charge is 0.269 e. The molecule has 0 radical (unpaired) electrons. The number of sulfonamides is 1. The summed E-state index contributed by atoms with van der Waals surface area (Å²) >= 11 is 1.90. The Labute approximate surface area is 235 Å². The molecule has 1 amide bonds. The predicted octanol–water partition coefficient (Wildman–Crippen LogP) is 5.91. The summed E-state index contributed by atoms with van der Waals surface area (Å²) < 4.78 is 41.6. The molecule has 0 aliphatic heterocycles. The molecule has 0 fully saturated rings. The van der Waals surface area contributed by atoms with Gasteiger partial charge in [0.1, 0.15) is 5.82 Å². The molecular weight excluding hydrogens is 578 g/mol. The molecule has 10 nitrogen and oxygen atoms in total. The van der Waals surface area contributed by atoms with Gasteiger partial charge in [0.05, 0.1) is 36.8 Å². The van der Waals surface area contributed by atoms with Crippen molar-refractivity contribution in [2.45, 2.75) is 4.90 Å². The molecular formula is C26H18FN5O5S3. The van der Waals surface area contributed by atoms with Gasteiger partial charge in [-0.25, -0.2) is 17.8 Å². The minimum absolute atomic E-state index is 0.0215. The quantitative estimate of drug-likeness (QED) is 0.125. The number of nitrogens with zero attached hydrogens (tertiary/aromatic N) is 5. The lowest BCUT2D eigenvalue weighted by Crippen LogP contribution is -2.27.